The number of rotatable bonds is 8. The lowest BCUT2D eigenvalue weighted by molar-refractivity contribution is -0.730. The summed E-state index contributed by atoms with van der Waals surface area (Å²) in [7, 11) is 1.91. The summed E-state index contributed by atoms with van der Waals surface area (Å²) >= 11 is 0. The third kappa shape index (κ3) is 6.94. The number of benzene rings is 1. The third-order valence-electron chi connectivity index (χ3n) is 9.93. The summed E-state index contributed by atoms with van der Waals surface area (Å²) in [6.45, 7) is 9.73. The highest BCUT2D eigenvalue weighted by Gasteiger charge is 2.32. The number of aromatic nitrogens is 3. The van der Waals surface area contributed by atoms with E-state index in [0.29, 0.717) is 24.5 Å². The second-order valence-corrected chi connectivity index (χ2v) is 14.0. The van der Waals surface area contributed by atoms with Gasteiger partial charge in [0.15, 0.2) is 19.0 Å². The maximum absolute atomic E-state index is 13.8. The van der Waals surface area contributed by atoms with Crippen molar-refractivity contribution in [1.82, 2.24) is 15.0 Å². The zero-order valence-electron chi connectivity index (χ0n) is 26.2. The van der Waals surface area contributed by atoms with E-state index in [2.05, 4.69) is 67.2 Å². The Bertz CT molecular complexity index is 1480. The topological polar surface area (TPSA) is 82.6 Å². The van der Waals surface area contributed by atoms with Gasteiger partial charge < -0.3 is 10.0 Å². The number of aliphatic imine (C=N–C) groups is 1. The quantitative estimate of drug-likeness (QED) is 0.364. The maximum Gasteiger partial charge on any atom is 0.196 e. The molecule has 2 aromatic heterocycles. The monoisotopic (exact) mass is 580 g/mol. The van der Waals surface area contributed by atoms with Crippen LogP contribution < -0.4 is 4.68 Å². The lowest BCUT2D eigenvalue weighted by Crippen LogP contribution is -2.37. The third-order valence-corrected chi connectivity index (χ3v) is 9.93. The number of nitrogens with zero attached hydrogens (tertiary/aromatic N) is 5. The summed E-state index contributed by atoms with van der Waals surface area (Å²) in [6, 6.07) is 12.9. The Morgan fingerprint density at radius 1 is 1.07 bits per heavy atom. The van der Waals surface area contributed by atoms with E-state index in [0.717, 1.165) is 74.2 Å². The van der Waals surface area contributed by atoms with Gasteiger partial charge in [-0.15, -0.1) is 0 Å². The van der Waals surface area contributed by atoms with E-state index >= 15 is 0 Å². The highest BCUT2D eigenvalue weighted by molar-refractivity contribution is 6.41. The number of hydrogen-bond donors (Lipinski definition) is 1. The molecule has 1 N–H and O–H groups in total. The first-order chi connectivity index (χ1) is 20.6. The van der Waals surface area contributed by atoms with Crippen LogP contribution in [0.4, 0.5) is 5.69 Å². The van der Waals surface area contributed by atoms with Gasteiger partial charge in [-0.1, -0.05) is 49.7 Å². The predicted molar refractivity (Wildman–Crippen MR) is 170 cm³/mol. The van der Waals surface area contributed by atoms with Crippen LogP contribution in [0.5, 0.6) is 0 Å². The molecule has 0 radical (unpaired) electrons. The molecule has 0 amide bonds. The first-order valence-corrected chi connectivity index (χ1v) is 16.1. The summed E-state index contributed by atoms with van der Waals surface area (Å²) < 4.78 is 1.79. The van der Waals surface area contributed by atoms with E-state index in [4.69, 9.17) is 9.98 Å². The number of carbonyl (C=O) groups excluding carboxylic acids is 1. The maximum atomic E-state index is 13.8. The van der Waals surface area contributed by atoms with Crippen LogP contribution in [0.2, 0.25) is 0 Å². The number of ketones is 1. The van der Waals surface area contributed by atoms with Crippen molar-refractivity contribution in [1.29, 1.82) is 0 Å². The molecule has 0 saturated carbocycles. The molecule has 0 bridgehead atoms. The summed E-state index contributed by atoms with van der Waals surface area (Å²) in [6.07, 6.45) is 10.4. The fourth-order valence-electron chi connectivity index (χ4n) is 6.92. The molecular formula is C36H46N5O2+. The standard InChI is InChI=1S/C36H46N5O2/c1-36(2,3)29-9-10-31-28(19-29)20-32-33(38-31)22-34(39-32)35(43)21-26(12-16-41-17-13-30(42)14-18-41)24-5-7-25(8-6-24)27-11-15-40(4)37-23-27/h5-8,11,15,20,23,26,29-30,42H,9-10,12-14,16-19,21-22H2,1-4H3/q+1/t26-,29-/m0/s1. The Morgan fingerprint density at radius 3 is 2.53 bits per heavy atom. The molecule has 0 spiro atoms. The number of pyridine rings is 1. The largest absolute Gasteiger partial charge is 0.393 e. The van der Waals surface area contributed by atoms with Gasteiger partial charge in [-0.2, -0.15) is 0 Å². The Labute approximate surface area is 256 Å². The number of aryl methyl sites for hydroxylation is 2. The zero-order valence-corrected chi connectivity index (χ0v) is 26.2. The van der Waals surface area contributed by atoms with E-state index in [1.54, 1.807) is 4.68 Å². The van der Waals surface area contributed by atoms with Gasteiger partial charge in [-0.05, 0) is 90.2 Å². The van der Waals surface area contributed by atoms with Crippen molar-refractivity contribution in [2.24, 2.45) is 23.4 Å². The number of carbonyl (C=O) groups is 1. The van der Waals surface area contributed by atoms with Gasteiger partial charge in [0.2, 0.25) is 0 Å². The number of aliphatic hydroxyl groups excluding tert-OH is 1. The molecule has 3 aliphatic rings. The first kappa shape index (κ1) is 29.8. The molecule has 7 nitrogen and oxygen atoms in total. The van der Waals surface area contributed by atoms with Crippen LogP contribution in [-0.2, 0) is 31.1 Å². The second kappa shape index (κ2) is 12.4. The molecule has 1 fully saturated rings. The molecular weight excluding hydrogens is 534 g/mol. The van der Waals surface area contributed by atoms with Gasteiger partial charge in [0.25, 0.3) is 0 Å². The van der Waals surface area contributed by atoms with Crippen LogP contribution in [0, 0.1) is 11.3 Å². The molecule has 3 aromatic rings. The number of hydrogen-bond acceptors (Lipinski definition) is 6. The van der Waals surface area contributed by atoms with Crippen LogP contribution >= 0.6 is 0 Å². The fraction of sp³-hybridized carbons (Fsp3) is 0.528. The minimum absolute atomic E-state index is 0.0974. The van der Waals surface area contributed by atoms with E-state index in [1.165, 1.54) is 23.2 Å². The van der Waals surface area contributed by atoms with Gasteiger partial charge in [-0.3, -0.25) is 9.78 Å². The molecule has 6 rings (SSSR count). The molecule has 7 heteroatoms. The Morgan fingerprint density at radius 2 is 1.84 bits per heavy atom. The van der Waals surface area contributed by atoms with Gasteiger partial charge in [0.1, 0.15) is 6.20 Å². The number of fused-ring (bicyclic) bond motifs is 2. The minimum Gasteiger partial charge on any atom is -0.393 e. The number of piperidine rings is 1. The van der Waals surface area contributed by atoms with Crippen LogP contribution in [0.1, 0.15) is 81.3 Å². The van der Waals surface area contributed by atoms with Crippen LogP contribution in [-0.4, -0.2) is 57.3 Å². The highest BCUT2D eigenvalue weighted by atomic mass is 16.3. The Balaban J connectivity index is 1.18. The molecule has 2 atom stereocenters. The van der Waals surface area contributed by atoms with Crippen molar-refractivity contribution < 1.29 is 14.6 Å². The molecule has 0 unspecified atom stereocenters. The molecule has 1 aliphatic carbocycles. The average Bonchev–Trinajstić information content (AvgIpc) is 3.41. The first-order valence-electron chi connectivity index (χ1n) is 16.1. The van der Waals surface area contributed by atoms with E-state index < -0.39 is 0 Å². The van der Waals surface area contributed by atoms with Crippen LogP contribution in [0.15, 0.2) is 53.8 Å². The van der Waals surface area contributed by atoms with Crippen molar-refractivity contribution in [3.05, 3.63) is 71.3 Å². The van der Waals surface area contributed by atoms with Crippen molar-refractivity contribution >= 4 is 17.2 Å². The number of likely N-dealkylation sites (tertiary alicyclic amines) is 1. The van der Waals surface area contributed by atoms with Crippen molar-refractivity contribution in [3.8, 4) is 11.1 Å². The van der Waals surface area contributed by atoms with Crippen molar-refractivity contribution in [3.63, 3.8) is 0 Å². The molecule has 4 heterocycles. The fourth-order valence-corrected chi connectivity index (χ4v) is 6.92. The summed E-state index contributed by atoms with van der Waals surface area (Å²) in [5, 5.41) is 14.3. The lowest BCUT2D eigenvalue weighted by atomic mass is 9.71. The summed E-state index contributed by atoms with van der Waals surface area (Å²) in [5.41, 5.74) is 8.69. The van der Waals surface area contributed by atoms with Crippen LogP contribution in [0.25, 0.3) is 11.1 Å². The lowest BCUT2D eigenvalue weighted by Gasteiger charge is -2.34. The average molecular weight is 581 g/mol. The van der Waals surface area contributed by atoms with E-state index in [-0.39, 0.29) is 23.2 Å². The Kier molecular flexibility index (Phi) is 8.56. The second-order valence-electron chi connectivity index (χ2n) is 14.0. The van der Waals surface area contributed by atoms with Crippen molar-refractivity contribution in [2.75, 3.05) is 19.6 Å². The van der Waals surface area contributed by atoms with Gasteiger partial charge in [-0.25, -0.2) is 4.99 Å². The summed E-state index contributed by atoms with van der Waals surface area (Å²) in [4.78, 5) is 26.1. The van der Waals surface area contributed by atoms with Gasteiger partial charge in [0, 0.05) is 43.3 Å². The summed E-state index contributed by atoms with van der Waals surface area (Å²) in [5.74, 6) is 0.870. The van der Waals surface area contributed by atoms with Crippen molar-refractivity contribution in [2.45, 2.75) is 84.2 Å². The van der Waals surface area contributed by atoms with Gasteiger partial charge in [0.05, 0.1) is 23.2 Å². The molecule has 226 valence electrons. The van der Waals surface area contributed by atoms with Gasteiger partial charge >= 0.3 is 0 Å². The van der Waals surface area contributed by atoms with E-state index in [1.807, 2.05) is 19.4 Å². The van der Waals surface area contributed by atoms with E-state index in [9.17, 15) is 9.90 Å². The number of aliphatic hydroxyl groups is 1. The van der Waals surface area contributed by atoms with Crippen LogP contribution in [0.3, 0.4) is 0 Å². The minimum atomic E-state index is -0.184. The SMILES string of the molecule is C[n+]1ccc(-c2ccc([C@@H](CCN3CCC(O)CC3)CC(=O)C3=Nc4cc5c(nc4C3)CC[C@H](C(C)(C)C)C5)cc2)cn1. The smallest absolute Gasteiger partial charge is 0.196 e. The molecule has 43 heavy (non-hydrogen) atoms. The molecule has 1 aromatic carbocycles. The normalized spacial score (nSPS) is 19.9. The highest BCUT2D eigenvalue weighted by Crippen LogP contribution is 2.39. The predicted octanol–water partition coefficient (Wildman–Crippen LogP) is 5.34. The molecule has 1 saturated heterocycles. The zero-order chi connectivity index (χ0) is 30.1. The Hall–Kier alpha value is -3.29. The number of Topliss-reactive ketones (excluding diaryl/α,β-unsaturated/α-hetero) is 1. The molecule has 2 aliphatic heterocycles.